The molecule has 0 spiro atoms. The largest absolute Gasteiger partial charge is 0.462 e. The molecule has 1 fully saturated rings. The Hall–Kier alpha value is -2.40. The number of hydrogen-bond donors (Lipinski definition) is 1. The maximum absolute atomic E-state index is 11.8. The summed E-state index contributed by atoms with van der Waals surface area (Å²) in [6.45, 7) is 7.73. The number of carbonyl (C=O) groups excluding carboxylic acids is 1. The van der Waals surface area contributed by atoms with Crippen molar-refractivity contribution in [1.82, 2.24) is 0 Å². The predicted molar refractivity (Wildman–Crippen MR) is 107 cm³/mol. The van der Waals surface area contributed by atoms with E-state index < -0.39 is 0 Å². The zero-order valence-corrected chi connectivity index (χ0v) is 15.9. The number of halogens is 1. The lowest BCUT2D eigenvalue weighted by molar-refractivity contribution is 0.0526. The van der Waals surface area contributed by atoms with Gasteiger partial charge in [0, 0.05) is 36.9 Å². The first-order chi connectivity index (χ1) is 12.5. The summed E-state index contributed by atoms with van der Waals surface area (Å²) in [6.07, 6.45) is 0. The molecule has 0 amide bonds. The first-order valence-corrected chi connectivity index (χ1v) is 9.20. The van der Waals surface area contributed by atoms with E-state index in [9.17, 15) is 4.79 Å². The predicted octanol–water partition coefficient (Wildman–Crippen LogP) is 3.73. The van der Waals surface area contributed by atoms with Gasteiger partial charge in [-0.2, -0.15) is 0 Å². The quantitative estimate of drug-likeness (QED) is 0.653. The van der Waals surface area contributed by atoms with E-state index in [1.54, 1.807) is 19.1 Å². The van der Waals surface area contributed by atoms with Crippen molar-refractivity contribution < 1.29 is 9.53 Å². The smallest absolute Gasteiger partial charge is 0.338 e. The van der Waals surface area contributed by atoms with Gasteiger partial charge in [0.15, 0.2) is 0 Å². The number of rotatable bonds is 4. The summed E-state index contributed by atoms with van der Waals surface area (Å²) in [4.78, 5) is 16.4. The fraction of sp³-hybridized carbons (Fsp3) is 0.350. The molecule has 26 heavy (non-hydrogen) atoms. The molecule has 0 atom stereocenters. The highest BCUT2D eigenvalue weighted by Crippen LogP contribution is 2.29. The highest BCUT2D eigenvalue weighted by molar-refractivity contribution is 6.30. The van der Waals surface area contributed by atoms with Crippen molar-refractivity contribution >= 4 is 34.6 Å². The molecule has 0 aliphatic carbocycles. The molecule has 2 N–H and O–H groups in total. The number of hydrogen-bond acceptors (Lipinski definition) is 5. The van der Waals surface area contributed by atoms with Gasteiger partial charge in [0.05, 0.1) is 23.5 Å². The second kappa shape index (κ2) is 7.87. The van der Waals surface area contributed by atoms with Crippen LogP contribution in [0.2, 0.25) is 5.02 Å². The molecule has 2 aromatic carbocycles. The molecule has 0 saturated carbocycles. The van der Waals surface area contributed by atoms with Crippen LogP contribution in [0.5, 0.6) is 0 Å². The van der Waals surface area contributed by atoms with Gasteiger partial charge in [0.25, 0.3) is 0 Å². The van der Waals surface area contributed by atoms with E-state index in [4.69, 9.17) is 22.1 Å². The monoisotopic (exact) mass is 373 g/mol. The number of esters is 1. The molecule has 1 aliphatic heterocycles. The number of anilines is 3. The molecule has 1 aliphatic rings. The minimum atomic E-state index is -0.341. The number of carbonyl (C=O) groups is 1. The molecule has 5 nitrogen and oxygen atoms in total. The first-order valence-electron chi connectivity index (χ1n) is 8.82. The van der Waals surface area contributed by atoms with Crippen LogP contribution < -0.4 is 15.5 Å². The number of benzene rings is 2. The van der Waals surface area contributed by atoms with E-state index >= 15 is 0 Å². The van der Waals surface area contributed by atoms with E-state index in [0.29, 0.717) is 17.9 Å². The lowest BCUT2D eigenvalue weighted by Gasteiger charge is -2.38. The fourth-order valence-electron chi connectivity index (χ4n) is 3.30. The maximum Gasteiger partial charge on any atom is 0.338 e. The lowest BCUT2D eigenvalue weighted by atomic mass is 10.1. The number of aryl methyl sites for hydroxylation is 1. The molecular weight excluding hydrogens is 350 g/mol. The molecule has 0 radical (unpaired) electrons. The Balaban J connectivity index is 1.70. The molecule has 2 aromatic rings. The second-order valence-corrected chi connectivity index (χ2v) is 6.84. The summed E-state index contributed by atoms with van der Waals surface area (Å²) < 4.78 is 5.03. The Morgan fingerprint density at radius 1 is 1.08 bits per heavy atom. The summed E-state index contributed by atoms with van der Waals surface area (Å²) in [5.74, 6) is -0.341. The van der Waals surface area contributed by atoms with Crippen molar-refractivity contribution in [3.8, 4) is 0 Å². The lowest BCUT2D eigenvalue weighted by Crippen LogP contribution is -2.47. The van der Waals surface area contributed by atoms with Gasteiger partial charge in [-0.25, -0.2) is 4.79 Å². The van der Waals surface area contributed by atoms with Crippen molar-refractivity contribution in [2.75, 3.05) is 48.3 Å². The summed E-state index contributed by atoms with van der Waals surface area (Å²) in [5, 5.41) is 0.756. The molecule has 0 bridgehead atoms. The third-order valence-corrected chi connectivity index (χ3v) is 4.91. The van der Waals surface area contributed by atoms with Crippen LogP contribution in [0, 0.1) is 6.92 Å². The van der Waals surface area contributed by atoms with Gasteiger partial charge < -0.3 is 20.3 Å². The van der Waals surface area contributed by atoms with Gasteiger partial charge in [0.2, 0.25) is 0 Å². The van der Waals surface area contributed by atoms with Crippen LogP contribution in [0.25, 0.3) is 0 Å². The summed E-state index contributed by atoms with van der Waals surface area (Å²) >= 11 is 6.15. The summed E-state index contributed by atoms with van der Waals surface area (Å²) in [7, 11) is 0. The molecule has 6 heteroatoms. The second-order valence-electron chi connectivity index (χ2n) is 6.40. The Bertz CT molecular complexity index is 802. The molecule has 3 rings (SSSR count). The number of ether oxygens (including phenoxy) is 1. The van der Waals surface area contributed by atoms with Crippen molar-refractivity contribution in [3.05, 3.63) is 52.5 Å². The highest BCUT2D eigenvalue weighted by atomic mass is 35.5. The third kappa shape index (κ3) is 3.88. The summed E-state index contributed by atoms with van der Waals surface area (Å²) in [5.41, 5.74) is 10.6. The zero-order valence-electron chi connectivity index (χ0n) is 15.2. The summed E-state index contributed by atoms with van der Waals surface area (Å²) in [6, 6.07) is 11.4. The maximum atomic E-state index is 11.8. The minimum absolute atomic E-state index is 0.341. The van der Waals surface area contributed by atoms with Crippen molar-refractivity contribution in [2.45, 2.75) is 13.8 Å². The molecule has 1 heterocycles. The van der Waals surface area contributed by atoms with E-state index in [-0.39, 0.29) is 5.97 Å². The van der Waals surface area contributed by atoms with Gasteiger partial charge in [-0.1, -0.05) is 17.7 Å². The van der Waals surface area contributed by atoms with Crippen LogP contribution >= 0.6 is 11.6 Å². The van der Waals surface area contributed by atoms with Gasteiger partial charge in [-0.05, 0) is 49.7 Å². The zero-order chi connectivity index (χ0) is 18.7. The van der Waals surface area contributed by atoms with Crippen LogP contribution in [0.4, 0.5) is 17.1 Å². The van der Waals surface area contributed by atoms with E-state index in [1.165, 1.54) is 11.3 Å². The Morgan fingerprint density at radius 2 is 1.73 bits per heavy atom. The topological polar surface area (TPSA) is 58.8 Å². The van der Waals surface area contributed by atoms with Crippen LogP contribution in [-0.4, -0.2) is 38.8 Å². The average molecular weight is 374 g/mol. The number of nitrogens with two attached hydrogens (primary N) is 1. The average Bonchev–Trinajstić information content (AvgIpc) is 2.64. The van der Waals surface area contributed by atoms with Crippen LogP contribution in [0.15, 0.2) is 36.4 Å². The highest BCUT2D eigenvalue weighted by Gasteiger charge is 2.21. The molecule has 0 unspecified atom stereocenters. The Labute approximate surface area is 159 Å². The van der Waals surface area contributed by atoms with E-state index in [0.717, 1.165) is 36.9 Å². The van der Waals surface area contributed by atoms with Crippen LogP contribution in [-0.2, 0) is 4.74 Å². The number of nitrogen functional groups attached to an aromatic ring is 1. The minimum Gasteiger partial charge on any atom is -0.462 e. The normalized spacial score (nSPS) is 14.4. The van der Waals surface area contributed by atoms with E-state index in [1.807, 2.05) is 18.2 Å². The molecule has 1 saturated heterocycles. The van der Waals surface area contributed by atoms with Crippen molar-refractivity contribution in [1.29, 1.82) is 0 Å². The van der Waals surface area contributed by atoms with Gasteiger partial charge in [0.1, 0.15) is 0 Å². The van der Waals surface area contributed by atoms with Crippen LogP contribution in [0.1, 0.15) is 22.8 Å². The standard InChI is InChI=1S/C20H24ClN3O2/c1-3-26-20(25)15-5-7-18(17(22)12-15)23-8-10-24(11-9-23)19-13-16(21)6-4-14(19)2/h4-7,12-13H,3,8-11,22H2,1-2H3. The first kappa shape index (κ1) is 18.4. The SMILES string of the molecule is CCOC(=O)c1ccc(N2CCN(c3cc(Cl)ccc3C)CC2)c(N)c1. The Kier molecular flexibility index (Phi) is 5.57. The van der Waals surface area contributed by atoms with Crippen molar-refractivity contribution in [3.63, 3.8) is 0 Å². The number of nitrogens with zero attached hydrogens (tertiary/aromatic N) is 2. The molecule has 0 aromatic heterocycles. The van der Waals surface area contributed by atoms with Gasteiger partial charge in [-0.15, -0.1) is 0 Å². The van der Waals surface area contributed by atoms with Crippen LogP contribution in [0.3, 0.4) is 0 Å². The third-order valence-electron chi connectivity index (χ3n) is 4.67. The van der Waals surface area contributed by atoms with Crippen molar-refractivity contribution in [2.24, 2.45) is 0 Å². The number of piperazine rings is 1. The molecule has 138 valence electrons. The van der Waals surface area contributed by atoms with Gasteiger partial charge >= 0.3 is 5.97 Å². The van der Waals surface area contributed by atoms with E-state index in [2.05, 4.69) is 22.8 Å². The Morgan fingerprint density at radius 3 is 2.35 bits per heavy atom. The van der Waals surface area contributed by atoms with Gasteiger partial charge in [-0.3, -0.25) is 0 Å². The molecular formula is C20H24ClN3O2. The fourth-order valence-corrected chi connectivity index (χ4v) is 3.46.